The van der Waals surface area contributed by atoms with E-state index in [2.05, 4.69) is 4.98 Å². The molecule has 1 aliphatic heterocycles. The largest absolute Gasteiger partial charge is 0.455 e. The maximum absolute atomic E-state index is 12.5. The van der Waals surface area contributed by atoms with Crippen LogP contribution in [0.2, 0.25) is 0 Å². The quantitative estimate of drug-likeness (QED) is 0.848. The van der Waals surface area contributed by atoms with Crippen LogP contribution in [-0.2, 0) is 12.8 Å². The van der Waals surface area contributed by atoms with Crippen molar-refractivity contribution in [3.8, 4) is 0 Å². The highest BCUT2D eigenvalue weighted by Gasteiger charge is 2.24. The Labute approximate surface area is 140 Å². The number of likely N-dealkylation sites (tertiary alicyclic amines) is 1. The lowest BCUT2D eigenvalue weighted by Gasteiger charge is -2.30. The summed E-state index contributed by atoms with van der Waals surface area (Å²) >= 11 is 1.59. The van der Waals surface area contributed by atoms with E-state index in [-0.39, 0.29) is 5.91 Å². The lowest BCUT2D eigenvalue weighted by molar-refractivity contribution is 0.0660. The summed E-state index contributed by atoms with van der Waals surface area (Å²) in [5.74, 6) is 2.40. The van der Waals surface area contributed by atoms with Crippen molar-refractivity contribution in [1.82, 2.24) is 14.5 Å². The lowest BCUT2D eigenvalue weighted by Crippen LogP contribution is -2.39. The Morgan fingerprint density at radius 3 is 2.87 bits per heavy atom. The molecule has 1 amide bonds. The first-order chi connectivity index (χ1) is 11.2. The molecule has 0 bridgehead atoms. The van der Waals surface area contributed by atoms with Crippen LogP contribution in [0.25, 0.3) is 0 Å². The summed E-state index contributed by atoms with van der Waals surface area (Å²) in [6.07, 6.45) is 5.63. The molecule has 1 fully saturated rings. The summed E-state index contributed by atoms with van der Waals surface area (Å²) in [4.78, 5) is 18.6. The van der Waals surface area contributed by atoms with Crippen molar-refractivity contribution in [2.75, 3.05) is 19.6 Å². The predicted octanol–water partition coefficient (Wildman–Crippen LogP) is 2.12. The van der Waals surface area contributed by atoms with Crippen molar-refractivity contribution >= 4 is 17.7 Å². The molecule has 124 valence electrons. The highest BCUT2D eigenvalue weighted by atomic mass is 32.2. The fraction of sp³-hybridized carbons (Fsp3) is 0.500. The van der Waals surface area contributed by atoms with Gasteiger partial charge in [-0.25, -0.2) is 4.98 Å². The number of nitrogens with two attached hydrogens (primary N) is 1. The molecule has 0 radical (unpaired) electrons. The number of hydrogen-bond donors (Lipinski definition) is 1. The second kappa shape index (κ2) is 7.23. The fourth-order valence-corrected chi connectivity index (χ4v) is 3.55. The Hall–Kier alpha value is -1.73. The molecule has 2 aromatic heterocycles. The van der Waals surface area contributed by atoms with Gasteiger partial charge in [-0.1, -0.05) is 11.8 Å². The van der Waals surface area contributed by atoms with Crippen LogP contribution >= 0.6 is 11.8 Å². The van der Waals surface area contributed by atoms with Crippen LogP contribution in [0.3, 0.4) is 0 Å². The number of furan rings is 1. The molecule has 0 aliphatic carbocycles. The van der Waals surface area contributed by atoms with Crippen LogP contribution in [0.15, 0.2) is 34.1 Å². The number of amides is 1. The molecule has 0 unspecified atom stereocenters. The maximum atomic E-state index is 12.5. The Morgan fingerprint density at radius 2 is 2.22 bits per heavy atom. The molecule has 23 heavy (non-hydrogen) atoms. The van der Waals surface area contributed by atoms with Gasteiger partial charge in [0.25, 0.3) is 5.91 Å². The number of carbonyl (C=O) groups is 1. The van der Waals surface area contributed by atoms with Gasteiger partial charge in [0.15, 0.2) is 10.9 Å². The Morgan fingerprint density at radius 1 is 1.43 bits per heavy atom. The van der Waals surface area contributed by atoms with Crippen LogP contribution in [0.5, 0.6) is 0 Å². The van der Waals surface area contributed by atoms with Crippen LogP contribution in [-0.4, -0.2) is 40.0 Å². The molecule has 2 aromatic rings. The minimum atomic E-state index is -0.0197. The van der Waals surface area contributed by atoms with Gasteiger partial charge in [-0.2, -0.15) is 0 Å². The SMILES string of the molecule is Cn1ccnc1SCc1ccc(C(=O)N2CCC(CN)CC2)o1. The number of rotatable bonds is 5. The highest BCUT2D eigenvalue weighted by molar-refractivity contribution is 7.98. The number of imidazole rings is 1. The molecule has 0 spiro atoms. The average molecular weight is 334 g/mol. The van der Waals surface area contributed by atoms with E-state index in [9.17, 15) is 4.79 Å². The first-order valence-electron chi connectivity index (χ1n) is 7.85. The standard InChI is InChI=1S/C16H22N4O2S/c1-19-9-6-18-16(19)23-11-13-2-3-14(22-13)15(21)20-7-4-12(10-17)5-8-20/h2-3,6,9,12H,4-5,7-8,10-11,17H2,1H3. The molecule has 0 saturated carbocycles. The minimum Gasteiger partial charge on any atom is -0.455 e. The molecule has 3 heterocycles. The van der Waals surface area contributed by atoms with Gasteiger partial charge in [0, 0.05) is 32.5 Å². The molecule has 1 aliphatic rings. The van der Waals surface area contributed by atoms with E-state index >= 15 is 0 Å². The highest BCUT2D eigenvalue weighted by Crippen LogP contribution is 2.23. The van der Waals surface area contributed by atoms with E-state index in [0.717, 1.165) is 36.8 Å². The van der Waals surface area contributed by atoms with E-state index < -0.39 is 0 Å². The van der Waals surface area contributed by atoms with Crippen LogP contribution in [0, 0.1) is 5.92 Å². The summed E-state index contributed by atoms with van der Waals surface area (Å²) in [5, 5.41) is 0.929. The van der Waals surface area contributed by atoms with E-state index in [1.54, 1.807) is 24.0 Å². The van der Waals surface area contributed by atoms with Gasteiger partial charge >= 0.3 is 0 Å². The van der Waals surface area contributed by atoms with Crippen molar-refractivity contribution in [3.05, 3.63) is 36.0 Å². The number of nitrogens with zero attached hydrogens (tertiary/aromatic N) is 3. The van der Waals surface area contributed by atoms with Crippen LogP contribution in [0.4, 0.5) is 0 Å². The smallest absolute Gasteiger partial charge is 0.289 e. The number of hydrogen-bond acceptors (Lipinski definition) is 5. The average Bonchev–Trinajstić information content (AvgIpc) is 3.21. The number of thioether (sulfide) groups is 1. The van der Waals surface area contributed by atoms with Gasteiger partial charge in [-0.3, -0.25) is 4.79 Å². The zero-order chi connectivity index (χ0) is 16.2. The molecule has 3 rings (SSSR count). The topological polar surface area (TPSA) is 77.3 Å². The number of carbonyl (C=O) groups excluding carboxylic acids is 1. The van der Waals surface area contributed by atoms with Gasteiger partial charge in [0.1, 0.15) is 5.76 Å². The number of piperidine rings is 1. The normalized spacial score (nSPS) is 16.0. The van der Waals surface area contributed by atoms with Crippen LogP contribution < -0.4 is 5.73 Å². The summed E-state index contributed by atoms with van der Waals surface area (Å²) in [6.45, 7) is 2.23. The van der Waals surface area contributed by atoms with Gasteiger partial charge in [-0.15, -0.1) is 0 Å². The van der Waals surface area contributed by atoms with Gasteiger partial charge in [0.2, 0.25) is 0 Å². The summed E-state index contributed by atoms with van der Waals surface area (Å²) < 4.78 is 7.68. The monoisotopic (exact) mass is 334 g/mol. The van der Waals surface area contributed by atoms with Crippen molar-refractivity contribution in [2.24, 2.45) is 18.7 Å². The van der Waals surface area contributed by atoms with E-state index in [4.69, 9.17) is 10.2 Å². The zero-order valence-electron chi connectivity index (χ0n) is 13.3. The van der Waals surface area contributed by atoms with Crippen molar-refractivity contribution in [1.29, 1.82) is 0 Å². The second-order valence-corrected chi connectivity index (χ2v) is 6.79. The summed E-state index contributed by atoms with van der Waals surface area (Å²) in [5.41, 5.74) is 5.69. The molecular formula is C16H22N4O2S. The minimum absolute atomic E-state index is 0.0197. The third-order valence-corrected chi connectivity index (χ3v) is 5.31. The molecule has 6 nitrogen and oxygen atoms in total. The zero-order valence-corrected chi connectivity index (χ0v) is 14.1. The van der Waals surface area contributed by atoms with Crippen molar-refractivity contribution < 1.29 is 9.21 Å². The fourth-order valence-electron chi connectivity index (χ4n) is 2.72. The molecule has 2 N–H and O–H groups in total. The van der Waals surface area contributed by atoms with E-state index in [0.29, 0.717) is 24.0 Å². The Kier molecular flexibility index (Phi) is 5.07. The molecule has 7 heteroatoms. The molecule has 1 saturated heterocycles. The Bertz CT molecular complexity index is 659. The van der Waals surface area contributed by atoms with Crippen molar-refractivity contribution in [3.63, 3.8) is 0 Å². The predicted molar refractivity (Wildman–Crippen MR) is 89.2 cm³/mol. The van der Waals surface area contributed by atoms with Crippen LogP contribution in [0.1, 0.15) is 29.2 Å². The maximum Gasteiger partial charge on any atom is 0.289 e. The summed E-state index contributed by atoms with van der Waals surface area (Å²) in [6, 6.07) is 3.64. The molecular weight excluding hydrogens is 312 g/mol. The Balaban J connectivity index is 1.56. The third-order valence-electron chi connectivity index (χ3n) is 4.23. The van der Waals surface area contributed by atoms with E-state index in [1.165, 1.54) is 0 Å². The molecule has 0 atom stereocenters. The van der Waals surface area contributed by atoms with Gasteiger partial charge < -0.3 is 19.6 Å². The first kappa shape index (κ1) is 16.1. The van der Waals surface area contributed by atoms with E-state index in [1.807, 2.05) is 28.8 Å². The molecule has 0 aromatic carbocycles. The number of aryl methyl sites for hydroxylation is 1. The van der Waals surface area contributed by atoms with Crippen molar-refractivity contribution in [2.45, 2.75) is 23.8 Å². The lowest BCUT2D eigenvalue weighted by atomic mass is 9.97. The third kappa shape index (κ3) is 3.79. The van der Waals surface area contributed by atoms with Gasteiger partial charge in [0.05, 0.1) is 5.75 Å². The number of aromatic nitrogens is 2. The second-order valence-electron chi connectivity index (χ2n) is 5.85. The summed E-state index contributed by atoms with van der Waals surface area (Å²) in [7, 11) is 1.96. The van der Waals surface area contributed by atoms with Gasteiger partial charge in [-0.05, 0) is 37.4 Å². The first-order valence-corrected chi connectivity index (χ1v) is 8.84.